The van der Waals surface area contributed by atoms with E-state index in [4.69, 9.17) is 4.42 Å². The van der Waals surface area contributed by atoms with Crippen LogP contribution in [0.15, 0.2) is 51.5 Å². The molecule has 0 saturated carbocycles. The van der Waals surface area contributed by atoms with Gasteiger partial charge in [-0.2, -0.15) is 0 Å². The molecule has 78 valence electrons. The molecule has 16 heavy (non-hydrogen) atoms. The third-order valence-corrected chi connectivity index (χ3v) is 2.68. The van der Waals surface area contributed by atoms with Crippen molar-refractivity contribution in [3.05, 3.63) is 47.1 Å². The second kappa shape index (κ2) is 3.72. The summed E-state index contributed by atoms with van der Waals surface area (Å²) in [6, 6.07) is 13.5. The number of benzene rings is 1. The zero-order valence-corrected chi connectivity index (χ0v) is 9.81. The first-order valence-corrected chi connectivity index (χ1v) is 5.61. The van der Waals surface area contributed by atoms with Crippen molar-refractivity contribution in [3.8, 4) is 11.5 Å². The van der Waals surface area contributed by atoms with Crippen LogP contribution in [-0.2, 0) is 0 Å². The van der Waals surface area contributed by atoms with Crippen molar-refractivity contribution >= 4 is 27.2 Å². The predicted octanol–water partition coefficient (Wildman–Crippen LogP) is 3.65. The van der Waals surface area contributed by atoms with E-state index >= 15 is 0 Å². The molecule has 0 fully saturated rings. The number of aromatic nitrogens is 2. The van der Waals surface area contributed by atoms with E-state index in [2.05, 4.69) is 25.9 Å². The lowest BCUT2D eigenvalue weighted by molar-refractivity contribution is 0.607. The van der Waals surface area contributed by atoms with Crippen LogP contribution in [0.1, 0.15) is 0 Å². The molecule has 4 heteroatoms. The van der Waals surface area contributed by atoms with E-state index in [0.717, 1.165) is 15.7 Å². The van der Waals surface area contributed by atoms with Crippen LogP contribution in [0.4, 0.5) is 0 Å². The molecule has 2 heterocycles. The van der Waals surface area contributed by atoms with Gasteiger partial charge in [0.05, 0.1) is 0 Å². The summed E-state index contributed by atoms with van der Waals surface area (Å²) in [5, 5.41) is 0. The highest BCUT2D eigenvalue weighted by Gasteiger charge is 2.08. The number of oxazole rings is 1. The van der Waals surface area contributed by atoms with Gasteiger partial charge in [-0.3, -0.25) is 0 Å². The normalized spacial score (nSPS) is 10.8. The Morgan fingerprint density at radius 2 is 1.75 bits per heavy atom. The molecule has 0 amide bonds. The SMILES string of the molecule is Brc1ccc2nc(-c3ccccc3)oc2n1. The lowest BCUT2D eigenvalue weighted by Gasteiger charge is -1.91. The highest BCUT2D eigenvalue weighted by atomic mass is 79.9. The Morgan fingerprint density at radius 1 is 0.938 bits per heavy atom. The molecule has 0 aliphatic rings. The summed E-state index contributed by atoms with van der Waals surface area (Å²) < 4.78 is 6.33. The molecule has 0 aliphatic carbocycles. The fourth-order valence-corrected chi connectivity index (χ4v) is 1.79. The van der Waals surface area contributed by atoms with Gasteiger partial charge in [-0.15, -0.1) is 0 Å². The van der Waals surface area contributed by atoms with Crippen LogP contribution in [0.25, 0.3) is 22.7 Å². The fraction of sp³-hybridized carbons (Fsp3) is 0. The zero-order chi connectivity index (χ0) is 11.0. The second-order valence-corrected chi connectivity index (χ2v) is 4.16. The first-order chi connectivity index (χ1) is 7.83. The van der Waals surface area contributed by atoms with E-state index in [1.165, 1.54) is 0 Å². The fourth-order valence-electron chi connectivity index (χ4n) is 1.50. The van der Waals surface area contributed by atoms with Gasteiger partial charge in [0.2, 0.25) is 11.6 Å². The summed E-state index contributed by atoms with van der Waals surface area (Å²) >= 11 is 3.30. The maximum absolute atomic E-state index is 5.58. The Kier molecular flexibility index (Phi) is 2.22. The molecule has 3 aromatic rings. The summed E-state index contributed by atoms with van der Waals surface area (Å²) in [5.41, 5.74) is 2.27. The third kappa shape index (κ3) is 1.61. The standard InChI is InChI=1S/C12H7BrN2O/c13-10-7-6-9-12(15-10)16-11(14-9)8-4-2-1-3-5-8/h1-7H. The molecular weight excluding hydrogens is 268 g/mol. The molecule has 0 saturated heterocycles. The van der Waals surface area contributed by atoms with Crippen LogP contribution in [0.5, 0.6) is 0 Å². The van der Waals surface area contributed by atoms with Gasteiger partial charge in [-0.1, -0.05) is 18.2 Å². The maximum atomic E-state index is 5.58. The minimum atomic E-state index is 0.549. The maximum Gasteiger partial charge on any atom is 0.248 e. The molecule has 0 radical (unpaired) electrons. The molecule has 0 spiro atoms. The van der Waals surface area contributed by atoms with Crippen molar-refractivity contribution in [2.24, 2.45) is 0 Å². The Bertz CT molecular complexity index is 634. The molecular formula is C12H7BrN2O. The molecule has 0 bridgehead atoms. The van der Waals surface area contributed by atoms with Crippen molar-refractivity contribution in [1.82, 2.24) is 9.97 Å². The van der Waals surface area contributed by atoms with Crippen LogP contribution in [0, 0.1) is 0 Å². The van der Waals surface area contributed by atoms with E-state index < -0.39 is 0 Å². The van der Waals surface area contributed by atoms with Crippen LogP contribution in [0.2, 0.25) is 0 Å². The van der Waals surface area contributed by atoms with Gasteiger partial charge in [0.25, 0.3) is 0 Å². The number of halogens is 1. The van der Waals surface area contributed by atoms with E-state index in [-0.39, 0.29) is 0 Å². The highest BCUT2D eigenvalue weighted by molar-refractivity contribution is 9.10. The first kappa shape index (κ1) is 9.54. The highest BCUT2D eigenvalue weighted by Crippen LogP contribution is 2.23. The number of rotatable bonds is 1. The van der Waals surface area contributed by atoms with Gasteiger partial charge >= 0.3 is 0 Å². The van der Waals surface area contributed by atoms with E-state index in [0.29, 0.717) is 11.6 Å². The Hall–Kier alpha value is -1.68. The Morgan fingerprint density at radius 3 is 2.56 bits per heavy atom. The Balaban J connectivity index is 2.19. The largest absolute Gasteiger partial charge is 0.418 e. The van der Waals surface area contributed by atoms with Crippen LogP contribution >= 0.6 is 15.9 Å². The van der Waals surface area contributed by atoms with Gasteiger partial charge in [0.15, 0.2) is 0 Å². The number of hydrogen-bond acceptors (Lipinski definition) is 3. The summed E-state index contributed by atoms with van der Waals surface area (Å²) in [6.07, 6.45) is 0. The average molecular weight is 275 g/mol. The van der Waals surface area contributed by atoms with Gasteiger partial charge in [-0.05, 0) is 40.2 Å². The quantitative estimate of drug-likeness (QED) is 0.636. The van der Waals surface area contributed by atoms with Gasteiger partial charge in [0.1, 0.15) is 10.1 Å². The van der Waals surface area contributed by atoms with Gasteiger partial charge in [-0.25, -0.2) is 9.97 Å². The molecule has 0 unspecified atom stereocenters. The topological polar surface area (TPSA) is 38.9 Å². The van der Waals surface area contributed by atoms with E-state index in [1.54, 1.807) is 0 Å². The summed E-state index contributed by atoms with van der Waals surface area (Å²) in [5.74, 6) is 0.598. The monoisotopic (exact) mass is 274 g/mol. The van der Waals surface area contributed by atoms with Gasteiger partial charge < -0.3 is 4.42 Å². The van der Waals surface area contributed by atoms with Crippen molar-refractivity contribution in [1.29, 1.82) is 0 Å². The van der Waals surface area contributed by atoms with Crippen LogP contribution in [-0.4, -0.2) is 9.97 Å². The van der Waals surface area contributed by atoms with Gasteiger partial charge in [0, 0.05) is 5.56 Å². The first-order valence-electron chi connectivity index (χ1n) is 4.81. The average Bonchev–Trinajstić information content (AvgIpc) is 2.73. The smallest absolute Gasteiger partial charge is 0.248 e. The lowest BCUT2D eigenvalue weighted by Crippen LogP contribution is -1.75. The number of pyridine rings is 1. The minimum Gasteiger partial charge on any atom is -0.418 e. The second-order valence-electron chi connectivity index (χ2n) is 3.34. The van der Waals surface area contributed by atoms with Crippen molar-refractivity contribution in [3.63, 3.8) is 0 Å². The molecule has 3 nitrogen and oxygen atoms in total. The molecule has 1 aromatic carbocycles. The summed E-state index contributed by atoms with van der Waals surface area (Å²) in [4.78, 5) is 8.58. The zero-order valence-electron chi connectivity index (χ0n) is 8.22. The molecule has 0 N–H and O–H groups in total. The molecule has 0 aliphatic heterocycles. The predicted molar refractivity (Wildman–Crippen MR) is 64.9 cm³/mol. The molecule has 2 aromatic heterocycles. The number of hydrogen-bond donors (Lipinski definition) is 0. The van der Waals surface area contributed by atoms with Crippen LogP contribution < -0.4 is 0 Å². The third-order valence-electron chi connectivity index (χ3n) is 2.24. The summed E-state index contributed by atoms with van der Waals surface area (Å²) in [7, 11) is 0. The van der Waals surface area contributed by atoms with Crippen molar-refractivity contribution < 1.29 is 4.42 Å². The Labute approximate surface area is 100 Å². The minimum absolute atomic E-state index is 0.549. The number of nitrogens with zero attached hydrogens (tertiary/aromatic N) is 2. The van der Waals surface area contributed by atoms with Crippen molar-refractivity contribution in [2.45, 2.75) is 0 Å². The number of fused-ring (bicyclic) bond motifs is 1. The van der Waals surface area contributed by atoms with E-state index in [9.17, 15) is 0 Å². The van der Waals surface area contributed by atoms with E-state index in [1.807, 2.05) is 42.5 Å². The molecule has 0 atom stereocenters. The van der Waals surface area contributed by atoms with Crippen LogP contribution in [0.3, 0.4) is 0 Å². The lowest BCUT2D eigenvalue weighted by atomic mass is 10.2. The molecule has 3 rings (SSSR count). The van der Waals surface area contributed by atoms with Crippen molar-refractivity contribution in [2.75, 3.05) is 0 Å². The summed E-state index contributed by atoms with van der Waals surface area (Å²) in [6.45, 7) is 0.